The third-order valence-corrected chi connectivity index (χ3v) is 2.06. The summed E-state index contributed by atoms with van der Waals surface area (Å²) in [6, 6.07) is 2.34. The van der Waals surface area contributed by atoms with Crippen LogP contribution in [0.5, 0.6) is 5.75 Å². The molecule has 0 aliphatic heterocycles. The molecule has 0 aliphatic carbocycles. The average Bonchev–Trinajstić information content (AvgIpc) is 2.27. The molecule has 1 amide bonds. The van der Waals surface area contributed by atoms with Gasteiger partial charge in [0.2, 0.25) is 5.91 Å². The van der Waals surface area contributed by atoms with Crippen LogP contribution in [0, 0.1) is 11.6 Å². The third-order valence-electron chi connectivity index (χ3n) is 2.06. The Morgan fingerprint density at radius 2 is 2.18 bits per heavy atom. The highest BCUT2D eigenvalue weighted by Gasteiger charge is 2.11. The maximum absolute atomic E-state index is 13.6. The van der Waals surface area contributed by atoms with E-state index in [1.165, 1.54) is 32.3 Å². The fraction of sp³-hybridized carbons (Fsp3) is 0.250. The van der Waals surface area contributed by atoms with Crippen LogP contribution in [-0.4, -0.2) is 19.6 Å². The summed E-state index contributed by atoms with van der Waals surface area (Å²) in [5.74, 6) is -1.67. The van der Waals surface area contributed by atoms with Gasteiger partial charge >= 0.3 is 0 Å². The zero-order valence-corrected chi connectivity index (χ0v) is 9.59. The van der Waals surface area contributed by atoms with Crippen LogP contribution >= 0.6 is 0 Å². The fourth-order valence-electron chi connectivity index (χ4n) is 1.24. The summed E-state index contributed by atoms with van der Waals surface area (Å²) in [5, 5.41) is 2.48. The van der Waals surface area contributed by atoms with Crippen molar-refractivity contribution >= 4 is 12.0 Å². The molecule has 0 saturated carbocycles. The first-order valence-electron chi connectivity index (χ1n) is 4.99. The van der Waals surface area contributed by atoms with E-state index in [0.29, 0.717) is 0 Å². The van der Waals surface area contributed by atoms with E-state index in [9.17, 15) is 13.6 Å². The SMILES string of the molecule is COc1ccc(F)c(C=CCNC(C)=O)c1F. The van der Waals surface area contributed by atoms with Gasteiger partial charge in [-0.25, -0.2) is 8.78 Å². The summed E-state index contributed by atoms with van der Waals surface area (Å²) in [6.07, 6.45) is 2.73. The molecule has 0 bridgehead atoms. The zero-order chi connectivity index (χ0) is 12.8. The zero-order valence-electron chi connectivity index (χ0n) is 9.59. The Kier molecular flexibility index (Phi) is 4.63. The summed E-state index contributed by atoms with van der Waals surface area (Å²) in [4.78, 5) is 10.6. The lowest BCUT2D eigenvalue weighted by Gasteiger charge is -2.05. The van der Waals surface area contributed by atoms with Crippen LogP contribution in [0.2, 0.25) is 0 Å². The van der Waals surface area contributed by atoms with Crippen LogP contribution < -0.4 is 10.1 Å². The molecule has 1 N–H and O–H groups in total. The van der Waals surface area contributed by atoms with Gasteiger partial charge < -0.3 is 10.1 Å². The number of hydrogen-bond donors (Lipinski definition) is 1. The minimum absolute atomic E-state index is 0.0226. The van der Waals surface area contributed by atoms with Gasteiger partial charge in [-0.05, 0) is 12.1 Å². The first-order chi connectivity index (χ1) is 8.06. The maximum atomic E-state index is 13.6. The molecule has 1 aromatic rings. The van der Waals surface area contributed by atoms with Gasteiger partial charge in [0, 0.05) is 19.0 Å². The largest absolute Gasteiger partial charge is 0.494 e. The molecule has 3 nitrogen and oxygen atoms in total. The molecule has 92 valence electrons. The Labute approximate surface area is 98.1 Å². The predicted octanol–water partition coefficient (Wildman–Crippen LogP) is 2.12. The van der Waals surface area contributed by atoms with Crippen LogP contribution in [0.25, 0.3) is 6.08 Å². The number of methoxy groups -OCH3 is 1. The van der Waals surface area contributed by atoms with Crippen molar-refractivity contribution < 1.29 is 18.3 Å². The molecule has 1 aromatic carbocycles. The number of nitrogens with one attached hydrogen (secondary N) is 1. The number of carbonyl (C=O) groups excluding carboxylic acids is 1. The van der Waals surface area contributed by atoms with E-state index in [1.54, 1.807) is 0 Å². The number of rotatable bonds is 4. The van der Waals surface area contributed by atoms with Gasteiger partial charge in [0.15, 0.2) is 11.6 Å². The topological polar surface area (TPSA) is 38.3 Å². The molecule has 5 heteroatoms. The molecule has 0 atom stereocenters. The normalized spacial score (nSPS) is 10.6. The predicted molar refractivity (Wildman–Crippen MR) is 60.6 cm³/mol. The van der Waals surface area contributed by atoms with Gasteiger partial charge in [-0.1, -0.05) is 12.2 Å². The molecule has 1 rings (SSSR count). The number of halogens is 2. The average molecular weight is 241 g/mol. The Morgan fingerprint density at radius 1 is 1.47 bits per heavy atom. The quantitative estimate of drug-likeness (QED) is 0.876. The molecule has 0 radical (unpaired) electrons. The summed E-state index contributed by atoms with van der Waals surface area (Å²) in [7, 11) is 1.31. The number of carbonyl (C=O) groups is 1. The molecule has 17 heavy (non-hydrogen) atoms. The molecule has 0 aromatic heterocycles. The number of benzene rings is 1. The van der Waals surface area contributed by atoms with Crippen LogP contribution in [0.3, 0.4) is 0 Å². The smallest absolute Gasteiger partial charge is 0.217 e. The lowest BCUT2D eigenvalue weighted by Crippen LogP contribution is -2.19. The highest BCUT2D eigenvalue weighted by Crippen LogP contribution is 2.23. The van der Waals surface area contributed by atoms with Gasteiger partial charge in [0.25, 0.3) is 0 Å². The summed E-state index contributed by atoms with van der Waals surface area (Å²) in [6.45, 7) is 1.58. The molecule has 0 aliphatic rings. The highest BCUT2D eigenvalue weighted by molar-refractivity contribution is 5.73. The Balaban J connectivity index is 2.86. The van der Waals surface area contributed by atoms with E-state index in [-0.39, 0.29) is 23.8 Å². The van der Waals surface area contributed by atoms with E-state index in [1.807, 2.05) is 0 Å². The summed E-state index contributed by atoms with van der Waals surface area (Å²) in [5.41, 5.74) is -0.185. The van der Waals surface area contributed by atoms with Crippen LogP contribution in [0.1, 0.15) is 12.5 Å². The van der Waals surface area contributed by atoms with E-state index in [4.69, 9.17) is 4.74 Å². The molecule has 0 fully saturated rings. The van der Waals surface area contributed by atoms with E-state index in [0.717, 1.165) is 6.07 Å². The maximum Gasteiger partial charge on any atom is 0.217 e. The Morgan fingerprint density at radius 3 is 2.76 bits per heavy atom. The number of amides is 1. The van der Waals surface area contributed by atoms with Crippen LogP contribution in [-0.2, 0) is 4.79 Å². The van der Waals surface area contributed by atoms with Gasteiger partial charge in [0.1, 0.15) is 5.82 Å². The van der Waals surface area contributed by atoms with Crippen molar-refractivity contribution in [3.63, 3.8) is 0 Å². The molecular weight excluding hydrogens is 228 g/mol. The summed E-state index contributed by atoms with van der Waals surface area (Å²) >= 11 is 0. The number of hydrogen-bond acceptors (Lipinski definition) is 2. The van der Waals surface area contributed by atoms with Gasteiger partial charge in [-0.3, -0.25) is 4.79 Å². The molecule has 0 saturated heterocycles. The van der Waals surface area contributed by atoms with Gasteiger partial charge in [-0.2, -0.15) is 0 Å². The van der Waals surface area contributed by atoms with Crippen LogP contribution in [0.4, 0.5) is 8.78 Å². The molecule has 0 unspecified atom stereocenters. The van der Waals surface area contributed by atoms with Crippen LogP contribution in [0.15, 0.2) is 18.2 Å². The number of ether oxygens (including phenoxy) is 1. The molecule has 0 heterocycles. The van der Waals surface area contributed by atoms with E-state index in [2.05, 4.69) is 5.32 Å². The highest BCUT2D eigenvalue weighted by atomic mass is 19.1. The van der Waals surface area contributed by atoms with Crippen molar-refractivity contribution in [1.29, 1.82) is 0 Å². The summed E-state index contributed by atoms with van der Waals surface area (Å²) < 4.78 is 31.7. The van der Waals surface area contributed by atoms with Crippen molar-refractivity contribution in [2.24, 2.45) is 0 Å². The van der Waals surface area contributed by atoms with Crippen molar-refractivity contribution in [1.82, 2.24) is 5.32 Å². The van der Waals surface area contributed by atoms with Crippen molar-refractivity contribution in [2.75, 3.05) is 13.7 Å². The minimum Gasteiger partial charge on any atom is -0.494 e. The van der Waals surface area contributed by atoms with E-state index >= 15 is 0 Å². The van der Waals surface area contributed by atoms with E-state index < -0.39 is 11.6 Å². The monoisotopic (exact) mass is 241 g/mol. The van der Waals surface area contributed by atoms with Gasteiger partial charge in [0.05, 0.1) is 7.11 Å². The second-order valence-electron chi connectivity index (χ2n) is 3.32. The second-order valence-corrected chi connectivity index (χ2v) is 3.32. The Bertz CT molecular complexity index is 444. The fourth-order valence-corrected chi connectivity index (χ4v) is 1.24. The minimum atomic E-state index is -0.758. The van der Waals surface area contributed by atoms with Crippen molar-refractivity contribution in [3.05, 3.63) is 35.4 Å². The Hall–Kier alpha value is -1.91. The van der Waals surface area contributed by atoms with Gasteiger partial charge in [-0.15, -0.1) is 0 Å². The lowest BCUT2D eigenvalue weighted by molar-refractivity contribution is -0.118. The first-order valence-corrected chi connectivity index (χ1v) is 4.99. The van der Waals surface area contributed by atoms with Crippen molar-refractivity contribution in [3.8, 4) is 5.75 Å². The standard InChI is InChI=1S/C12H13F2NO2/c1-8(16)15-7-3-4-9-10(13)5-6-11(17-2)12(9)14/h3-6H,7H2,1-2H3,(H,15,16). The second kappa shape index (κ2) is 5.98. The third kappa shape index (κ3) is 3.55. The molecule has 0 spiro atoms. The lowest BCUT2D eigenvalue weighted by atomic mass is 10.1. The molecular formula is C12H13F2NO2. The first kappa shape index (κ1) is 13.2. The van der Waals surface area contributed by atoms with Crippen molar-refractivity contribution in [2.45, 2.75) is 6.92 Å².